The van der Waals surface area contributed by atoms with Crippen molar-refractivity contribution in [2.75, 3.05) is 6.26 Å². The molecule has 5 nitrogen and oxygen atoms in total. The molecule has 1 aromatic heterocycles. The molecule has 1 aromatic carbocycles. The van der Waals surface area contributed by atoms with Crippen LogP contribution in [0.25, 0.3) is 11.4 Å². The van der Waals surface area contributed by atoms with Gasteiger partial charge in [-0.3, -0.25) is 4.79 Å². The Kier molecular flexibility index (Phi) is 3.47. The number of benzene rings is 1. The molecule has 1 heterocycles. The molecular weight excluding hydrogens is 252 g/mol. The zero-order valence-electron chi connectivity index (χ0n) is 9.51. The van der Waals surface area contributed by atoms with Gasteiger partial charge in [0.15, 0.2) is 0 Å². The number of carbonyl (C=O) groups excluding carboxylic acids is 1. The number of carboxylic acid groups (broad SMARTS) is 1. The number of H-pyrrole nitrogens is 1. The maximum atomic E-state index is 11.2. The molecule has 6 heteroatoms. The number of nitrogens with one attached hydrogen (secondary N) is 1. The van der Waals surface area contributed by atoms with Crippen LogP contribution in [0.2, 0.25) is 0 Å². The minimum atomic E-state index is -1.50. The van der Waals surface area contributed by atoms with Crippen molar-refractivity contribution in [2.24, 2.45) is 0 Å². The lowest BCUT2D eigenvalue weighted by Gasteiger charge is -1.98. The number of hydrogen-bond acceptors (Lipinski definition) is 4. The third-order valence-electron chi connectivity index (χ3n) is 2.38. The Hall–Kier alpha value is -2.08. The first-order chi connectivity index (χ1) is 8.61. The number of ketones is 1. The van der Waals surface area contributed by atoms with Gasteiger partial charge < -0.3 is 10.1 Å². The Labute approximate surface area is 107 Å². The Morgan fingerprint density at radius 2 is 1.94 bits per heavy atom. The minimum absolute atomic E-state index is 0.0218. The highest BCUT2D eigenvalue weighted by molar-refractivity contribution is 7.98. The summed E-state index contributed by atoms with van der Waals surface area (Å²) in [6.45, 7) is 0. The van der Waals surface area contributed by atoms with Crippen LogP contribution in [0.4, 0.5) is 0 Å². The fourth-order valence-corrected chi connectivity index (χ4v) is 1.86. The second-order valence-electron chi connectivity index (χ2n) is 3.51. The molecule has 0 bridgehead atoms. The normalized spacial score (nSPS) is 10.3. The summed E-state index contributed by atoms with van der Waals surface area (Å²) < 4.78 is 0. The fourth-order valence-electron chi connectivity index (χ4n) is 1.45. The van der Waals surface area contributed by atoms with E-state index in [1.165, 1.54) is 6.20 Å². The summed E-state index contributed by atoms with van der Waals surface area (Å²) in [7, 11) is 0. The Bertz CT molecular complexity index is 590. The van der Waals surface area contributed by atoms with Crippen LogP contribution in [0.5, 0.6) is 0 Å². The average Bonchev–Trinajstić information content (AvgIpc) is 2.87. The number of aromatic amines is 1. The monoisotopic (exact) mass is 262 g/mol. The second-order valence-corrected chi connectivity index (χ2v) is 4.39. The third-order valence-corrected chi connectivity index (χ3v) is 3.12. The summed E-state index contributed by atoms with van der Waals surface area (Å²) in [5.41, 5.74) is 0.781. The predicted molar refractivity (Wildman–Crippen MR) is 67.8 cm³/mol. The van der Waals surface area contributed by atoms with Crippen molar-refractivity contribution < 1.29 is 14.7 Å². The number of aromatic nitrogens is 2. The maximum absolute atomic E-state index is 11.2. The van der Waals surface area contributed by atoms with Crippen LogP contribution in [0.15, 0.2) is 35.4 Å². The number of aliphatic carboxylic acids is 1. The first-order valence-corrected chi connectivity index (χ1v) is 6.31. The molecule has 0 saturated carbocycles. The number of carbonyl (C=O) groups is 2. The van der Waals surface area contributed by atoms with Crippen LogP contribution in [0.3, 0.4) is 0 Å². The number of imidazole rings is 1. The van der Waals surface area contributed by atoms with Gasteiger partial charge in [0, 0.05) is 10.5 Å². The Morgan fingerprint density at radius 3 is 2.50 bits per heavy atom. The van der Waals surface area contributed by atoms with Gasteiger partial charge in [-0.1, -0.05) is 12.1 Å². The van der Waals surface area contributed by atoms with Crippen molar-refractivity contribution in [1.29, 1.82) is 0 Å². The van der Waals surface area contributed by atoms with Gasteiger partial charge in [-0.25, -0.2) is 9.78 Å². The van der Waals surface area contributed by atoms with Gasteiger partial charge in [-0.15, -0.1) is 11.8 Å². The predicted octanol–water partition coefficient (Wildman–Crippen LogP) is 2.07. The van der Waals surface area contributed by atoms with Crippen LogP contribution in [0, 0.1) is 0 Å². The molecule has 0 saturated heterocycles. The molecule has 0 radical (unpaired) electrons. The van der Waals surface area contributed by atoms with E-state index in [0.29, 0.717) is 5.82 Å². The summed E-state index contributed by atoms with van der Waals surface area (Å²) in [4.78, 5) is 29.6. The van der Waals surface area contributed by atoms with E-state index in [2.05, 4.69) is 9.97 Å². The fraction of sp³-hybridized carbons (Fsp3) is 0.0833. The highest BCUT2D eigenvalue weighted by Crippen LogP contribution is 2.20. The van der Waals surface area contributed by atoms with Crippen LogP contribution in [0.1, 0.15) is 10.5 Å². The number of thioether (sulfide) groups is 1. The molecule has 0 aliphatic rings. The largest absolute Gasteiger partial charge is 0.475 e. The Balaban J connectivity index is 2.29. The smallest absolute Gasteiger partial charge is 0.378 e. The standard InChI is InChI=1S/C12H10N2O3S/c1-18-8-4-2-7(3-5-8)11-13-6-9(14-11)10(15)12(16)17/h2-6H,1H3,(H,13,14)(H,16,17). The zero-order chi connectivity index (χ0) is 13.1. The summed E-state index contributed by atoms with van der Waals surface area (Å²) in [6.07, 6.45) is 3.21. The zero-order valence-corrected chi connectivity index (χ0v) is 10.3. The molecule has 0 amide bonds. The van der Waals surface area contributed by atoms with Crippen molar-refractivity contribution in [3.63, 3.8) is 0 Å². The van der Waals surface area contributed by atoms with Gasteiger partial charge >= 0.3 is 5.97 Å². The van der Waals surface area contributed by atoms with Crippen LogP contribution in [-0.2, 0) is 4.79 Å². The van der Waals surface area contributed by atoms with Gasteiger partial charge in [0.2, 0.25) is 0 Å². The van der Waals surface area contributed by atoms with E-state index in [9.17, 15) is 9.59 Å². The lowest BCUT2D eigenvalue weighted by atomic mass is 10.2. The molecule has 2 rings (SSSR count). The summed E-state index contributed by atoms with van der Waals surface area (Å²) in [5.74, 6) is -2.01. The third kappa shape index (κ3) is 2.43. The molecular formula is C12H10N2O3S. The van der Waals surface area contributed by atoms with Gasteiger partial charge in [-0.2, -0.15) is 0 Å². The first kappa shape index (κ1) is 12.4. The van der Waals surface area contributed by atoms with E-state index in [-0.39, 0.29) is 5.69 Å². The number of hydrogen-bond donors (Lipinski definition) is 2. The number of carboxylic acids is 1. The SMILES string of the molecule is CSc1ccc(-c2ncc(C(=O)C(=O)O)[nH]2)cc1. The van der Waals surface area contributed by atoms with Gasteiger partial charge in [-0.05, 0) is 18.4 Å². The van der Waals surface area contributed by atoms with Crippen LogP contribution >= 0.6 is 11.8 Å². The highest BCUT2D eigenvalue weighted by atomic mass is 32.2. The Morgan fingerprint density at radius 1 is 1.28 bits per heavy atom. The molecule has 0 fully saturated rings. The van der Waals surface area contributed by atoms with Crippen molar-refractivity contribution in [3.05, 3.63) is 36.2 Å². The number of Topliss-reactive ketones (excluding diaryl/α,β-unsaturated/α-hetero) is 1. The van der Waals surface area contributed by atoms with Crippen LogP contribution in [-0.4, -0.2) is 33.1 Å². The lowest BCUT2D eigenvalue weighted by molar-refractivity contribution is -0.131. The molecule has 18 heavy (non-hydrogen) atoms. The molecule has 0 aliphatic carbocycles. The van der Waals surface area contributed by atoms with E-state index in [1.807, 2.05) is 30.5 Å². The van der Waals surface area contributed by atoms with E-state index in [4.69, 9.17) is 5.11 Å². The second kappa shape index (κ2) is 5.05. The minimum Gasteiger partial charge on any atom is -0.475 e. The number of nitrogens with zero attached hydrogens (tertiary/aromatic N) is 1. The molecule has 92 valence electrons. The van der Waals surface area contributed by atoms with Gasteiger partial charge in [0.1, 0.15) is 11.5 Å². The highest BCUT2D eigenvalue weighted by Gasteiger charge is 2.17. The van der Waals surface area contributed by atoms with Crippen molar-refractivity contribution in [3.8, 4) is 11.4 Å². The van der Waals surface area contributed by atoms with Gasteiger partial charge in [0.25, 0.3) is 5.78 Å². The summed E-state index contributed by atoms with van der Waals surface area (Å²) in [5, 5.41) is 8.58. The van der Waals surface area contributed by atoms with E-state index < -0.39 is 11.8 Å². The average molecular weight is 262 g/mol. The maximum Gasteiger partial charge on any atom is 0.378 e. The van der Waals surface area contributed by atoms with Gasteiger partial charge in [0.05, 0.1) is 6.20 Å². The van der Waals surface area contributed by atoms with Crippen molar-refractivity contribution in [2.45, 2.75) is 4.90 Å². The van der Waals surface area contributed by atoms with E-state index in [1.54, 1.807) is 11.8 Å². The molecule has 0 aliphatic heterocycles. The topological polar surface area (TPSA) is 83.1 Å². The molecule has 0 unspecified atom stereocenters. The summed E-state index contributed by atoms with van der Waals surface area (Å²) >= 11 is 1.62. The van der Waals surface area contributed by atoms with Crippen molar-refractivity contribution >= 4 is 23.5 Å². The molecule has 0 spiro atoms. The van der Waals surface area contributed by atoms with Crippen molar-refractivity contribution in [1.82, 2.24) is 9.97 Å². The van der Waals surface area contributed by atoms with E-state index >= 15 is 0 Å². The van der Waals surface area contributed by atoms with Crippen LogP contribution < -0.4 is 0 Å². The summed E-state index contributed by atoms with van der Waals surface area (Å²) in [6, 6.07) is 7.59. The first-order valence-electron chi connectivity index (χ1n) is 5.09. The quantitative estimate of drug-likeness (QED) is 0.500. The molecule has 2 aromatic rings. The molecule has 0 atom stereocenters. The lowest BCUT2D eigenvalue weighted by Crippen LogP contribution is -2.12. The molecule has 2 N–H and O–H groups in total. The van der Waals surface area contributed by atoms with E-state index in [0.717, 1.165) is 10.5 Å². The number of rotatable bonds is 4.